The average molecular weight is 391 g/mol. The van der Waals surface area contributed by atoms with E-state index in [1.165, 1.54) is 36.0 Å². The zero-order valence-corrected chi connectivity index (χ0v) is 15.8. The van der Waals surface area contributed by atoms with Crippen molar-refractivity contribution in [1.29, 1.82) is 5.26 Å². The number of nitrogens with zero attached hydrogens (tertiary/aromatic N) is 4. The minimum absolute atomic E-state index is 0.0451. The van der Waals surface area contributed by atoms with Crippen molar-refractivity contribution in [2.75, 3.05) is 13.1 Å². The summed E-state index contributed by atoms with van der Waals surface area (Å²) in [5.74, 6) is -0.702. The number of rotatable bonds is 3. The molecule has 7 nitrogen and oxygen atoms in total. The molecule has 0 aliphatic carbocycles. The number of likely N-dealkylation sites (tertiary alicyclic amines) is 1. The van der Waals surface area contributed by atoms with Crippen molar-refractivity contribution >= 4 is 5.91 Å². The first-order valence-corrected chi connectivity index (χ1v) is 9.27. The van der Waals surface area contributed by atoms with Gasteiger partial charge in [-0.15, -0.1) is 0 Å². The molecule has 1 aliphatic rings. The van der Waals surface area contributed by atoms with Gasteiger partial charge in [0.1, 0.15) is 11.9 Å². The number of halogens is 1. The maximum absolute atomic E-state index is 14.3. The van der Waals surface area contributed by atoms with Crippen molar-refractivity contribution < 1.29 is 9.18 Å². The Morgan fingerprint density at radius 2 is 2.00 bits per heavy atom. The summed E-state index contributed by atoms with van der Waals surface area (Å²) < 4.78 is 15.5. The Labute approximate surface area is 166 Å². The normalized spacial score (nSPS) is 13.5. The highest BCUT2D eigenvalue weighted by molar-refractivity contribution is 5.94. The van der Waals surface area contributed by atoms with E-state index in [2.05, 4.69) is 10.1 Å². The molecule has 1 amide bonds. The summed E-state index contributed by atoms with van der Waals surface area (Å²) in [5.41, 5.74) is 1.49. The van der Waals surface area contributed by atoms with Crippen molar-refractivity contribution in [3.8, 4) is 23.1 Å². The Hall–Kier alpha value is -3.73. The summed E-state index contributed by atoms with van der Waals surface area (Å²) in [6.45, 7) is 3.03. The molecule has 1 fully saturated rings. The quantitative estimate of drug-likeness (QED) is 0.743. The SMILES string of the molecule is Cc1c(-n2[nH]c(-c3ccc(C(=O)N4CCCC4)cn3)cc2=O)ccc(C#N)c1F. The lowest BCUT2D eigenvalue weighted by Gasteiger charge is -2.14. The number of carbonyl (C=O) groups excluding carboxylic acids is 1. The maximum Gasteiger partial charge on any atom is 0.271 e. The zero-order chi connectivity index (χ0) is 20.5. The molecule has 1 aromatic carbocycles. The lowest BCUT2D eigenvalue weighted by atomic mass is 10.1. The molecular weight excluding hydrogens is 373 g/mol. The van der Waals surface area contributed by atoms with Crippen LogP contribution in [0.5, 0.6) is 0 Å². The largest absolute Gasteiger partial charge is 0.339 e. The van der Waals surface area contributed by atoms with E-state index in [0.717, 1.165) is 25.9 Å². The first kappa shape index (κ1) is 18.6. The van der Waals surface area contributed by atoms with Gasteiger partial charge in [0.15, 0.2) is 0 Å². The molecule has 146 valence electrons. The van der Waals surface area contributed by atoms with Gasteiger partial charge in [0.2, 0.25) is 0 Å². The highest BCUT2D eigenvalue weighted by atomic mass is 19.1. The van der Waals surface area contributed by atoms with Crippen LogP contribution >= 0.6 is 0 Å². The molecule has 0 unspecified atom stereocenters. The highest BCUT2D eigenvalue weighted by Crippen LogP contribution is 2.21. The topological polar surface area (TPSA) is 94.8 Å². The number of carbonyl (C=O) groups is 1. The number of aromatic amines is 1. The van der Waals surface area contributed by atoms with Crippen LogP contribution in [0.3, 0.4) is 0 Å². The Balaban J connectivity index is 1.65. The molecule has 0 atom stereocenters. The minimum Gasteiger partial charge on any atom is -0.339 e. The van der Waals surface area contributed by atoms with E-state index in [4.69, 9.17) is 5.26 Å². The fourth-order valence-electron chi connectivity index (χ4n) is 3.49. The van der Waals surface area contributed by atoms with Gasteiger partial charge >= 0.3 is 0 Å². The predicted octanol–water partition coefficient (Wildman–Crippen LogP) is 2.78. The van der Waals surface area contributed by atoms with Crippen LogP contribution in [0.15, 0.2) is 41.3 Å². The second kappa shape index (κ2) is 7.36. The number of aromatic nitrogens is 3. The Morgan fingerprint density at radius 3 is 2.66 bits per heavy atom. The summed E-state index contributed by atoms with van der Waals surface area (Å²) in [4.78, 5) is 31.0. The number of nitriles is 1. The first-order valence-electron chi connectivity index (χ1n) is 9.27. The van der Waals surface area contributed by atoms with Crippen LogP contribution in [0.25, 0.3) is 17.1 Å². The molecule has 8 heteroatoms. The van der Waals surface area contributed by atoms with Crippen LogP contribution in [0.2, 0.25) is 0 Å². The van der Waals surface area contributed by atoms with E-state index in [9.17, 15) is 14.0 Å². The van der Waals surface area contributed by atoms with E-state index in [0.29, 0.717) is 22.6 Å². The smallest absolute Gasteiger partial charge is 0.271 e. The molecule has 3 heterocycles. The lowest BCUT2D eigenvalue weighted by molar-refractivity contribution is 0.0792. The van der Waals surface area contributed by atoms with Crippen LogP contribution in [-0.2, 0) is 0 Å². The van der Waals surface area contributed by atoms with E-state index < -0.39 is 5.82 Å². The first-order chi connectivity index (χ1) is 14.0. The number of hydrogen-bond acceptors (Lipinski definition) is 4. The summed E-state index contributed by atoms with van der Waals surface area (Å²) in [6, 6.07) is 9.35. The molecule has 0 saturated carbocycles. The minimum atomic E-state index is -0.657. The number of pyridine rings is 1. The van der Waals surface area contributed by atoms with Gasteiger partial charge in [0.25, 0.3) is 11.5 Å². The van der Waals surface area contributed by atoms with Crippen LogP contribution < -0.4 is 5.56 Å². The Kier molecular flexibility index (Phi) is 4.72. The standard InChI is InChI=1S/C21H18FN5O2/c1-13-18(7-5-14(11-23)20(13)22)27-19(28)10-17(25-27)16-6-4-15(12-24-16)21(29)26-8-2-3-9-26/h4-7,10,12,25H,2-3,8-9H2,1H3. The summed E-state index contributed by atoms with van der Waals surface area (Å²) in [7, 11) is 0. The third kappa shape index (κ3) is 3.31. The third-order valence-electron chi connectivity index (χ3n) is 5.12. The molecule has 3 aromatic rings. The van der Waals surface area contributed by atoms with Crippen LogP contribution in [0.4, 0.5) is 4.39 Å². The Bertz CT molecular complexity index is 1180. The molecule has 0 radical (unpaired) electrons. The van der Waals surface area contributed by atoms with Gasteiger partial charge in [-0.3, -0.25) is 19.7 Å². The van der Waals surface area contributed by atoms with Gasteiger partial charge < -0.3 is 4.90 Å². The second-order valence-electron chi connectivity index (χ2n) is 6.96. The molecule has 29 heavy (non-hydrogen) atoms. The molecule has 1 N–H and O–H groups in total. The van der Waals surface area contributed by atoms with Crippen molar-refractivity contribution in [1.82, 2.24) is 19.7 Å². The van der Waals surface area contributed by atoms with Crippen molar-refractivity contribution in [2.45, 2.75) is 19.8 Å². The van der Waals surface area contributed by atoms with Gasteiger partial charge in [-0.1, -0.05) is 0 Å². The highest BCUT2D eigenvalue weighted by Gasteiger charge is 2.20. The number of benzene rings is 1. The van der Waals surface area contributed by atoms with Gasteiger partial charge in [0, 0.05) is 30.9 Å². The summed E-state index contributed by atoms with van der Waals surface area (Å²) in [5, 5.41) is 11.9. The summed E-state index contributed by atoms with van der Waals surface area (Å²) in [6.07, 6.45) is 3.53. The molecule has 0 bridgehead atoms. The molecule has 2 aromatic heterocycles. The van der Waals surface area contributed by atoms with Gasteiger partial charge in [0.05, 0.1) is 28.2 Å². The van der Waals surface area contributed by atoms with Crippen molar-refractivity contribution in [2.24, 2.45) is 0 Å². The lowest BCUT2D eigenvalue weighted by Crippen LogP contribution is -2.27. The Morgan fingerprint density at radius 1 is 1.24 bits per heavy atom. The van der Waals surface area contributed by atoms with Gasteiger partial charge in [-0.2, -0.15) is 5.26 Å². The molecule has 4 rings (SSSR count). The van der Waals surface area contributed by atoms with E-state index >= 15 is 0 Å². The fourth-order valence-corrected chi connectivity index (χ4v) is 3.49. The van der Waals surface area contributed by atoms with Crippen LogP contribution in [0, 0.1) is 24.1 Å². The van der Waals surface area contributed by atoms with Crippen molar-refractivity contribution in [3.63, 3.8) is 0 Å². The number of H-pyrrole nitrogens is 1. The monoisotopic (exact) mass is 391 g/mol. The van der Waals surface area contributed by atoms with Crippen LogP contribution in [0.1, 0.15) is 34.3 Å². The zero-order valence-electron chi connectivity index (χ0n) is 15.8. The number of nitrogens with one attached hydrogen (secondary N) is 1. The van der Waals surface area contributed by atoms with Gasteiger partial charge in [-0.05, 0) is 44.0 Å². The number of amides is 1. The fraction of sp³-hybridized carbons (Fsp3) is 0.238. The molecule has 1 aliphatic heterocycles. The van der Waals surface area contributed by atoms with Gasteiger partial charge in [-0.25, -0.2) is 9.07 Å². The predicted molar refractivity (Wildman–Crippen MR) is 104 cm³/mol. The van der Waals surface area contributed by atoms with E-state index in [-0.39, 0.29) is 22.6 Å². The maximum atomic E-state index is 14.3. The molecule has 0 spiro atoms. The van der Waals surface area contributed by atoms with E-state index in [1.807, 2.05) is 0 Å². The average Bonchev–Trinajstić information content (AvgIpc) is 3.40. The number of hydrogen-bond donors (Lipinski definition) is 1. The molecule has 1 saturated heterocycles. The third-order valence-corrected chi connectivity index (χ3v) is 5.12. The van der Waals surface area contributed by atoms with Crippen molar-refractivity contribution in [3.05, 3.63) is 69.4 Å². The summed E-state index contributed by atoms with van der Waals surface area (Å²) >= 11 is 0. The molecular formula is C21H18FN5O2. The van der Waals surface area contributed by atoms with Crippen LogP contribution in [-0.4, -0.2) is 38.7 Å². The van der Waals surface area contributed by atoms with E-state index in [1.54, 1.807) is 23.1 Å². The second-order valence-corrected chi connectivity index (χ2v) is 6.96.